The lowest BCUT2D eigenvalue weighted by Gasteiger charge is -2.10. The summed E-state index contributed by atoms with van der Waals surface area (Å²) in [4.78, 5) is 4.31. The van der Waals surface area contributed by atoms with Crippen LogP contribution in [0.4, 0.5) is 4.39 Å². The number of halogens is 3. The molecule has 0 aliphatic rings. The largest absolute Gasteiger partial charge is 0.487 e. The fourth-order valence-corrected chi connectivity index (χ4v) is 2.23. The van der Waals surface area contributed by atoms with Crippen molar-refractivity contribution < 1.29 is 9.13 Å². The topological polar surface area (TPSA) is 22.1 Å². The second kappa shape index (κ2) is 6.35. The number of alkyl halides is 1. The molecule has 0 saturated heterocycles. The molecular weight excluding hydrogens is 333 g/mol. The van der Waals surface area contributed by atoms with Crippen LogP contribution in [0.1, 0.15) is 17.0 Å². The molecule has 0 aliphatic carbocycles. The van der Waals surface area contributed by atoms with Crippen molar-refractivity contribution in [3.63, 3.8) is 0 Å². The molecule has 0 fully saturated rings. The minimum absolute atomic E-state index is 0.290. The SMILES string of the molecule is Cc1ccc(OCc2ccc(F)c(Br)c2)c(CCl)n1. The first-order chi connectivity index (χ1) is 9.10. The van der Waals surface area contributed by atoms with Crippen molar-refractivity contribution in [2.45, 2.75) is 19.4 Å². The Hall–Kier alpha value is -1.13. The van der Waals surface area contributed by atoms with Gasteiger partial charge in [0, 0.05) is 5.69 Å². The molecule has 5 heteroatoms. The van der Waals surface area contributed by atoms with E-state index in [1.165, 1.54) is 6.07 Å². The fourth-order valence-electron chi connectivity index (χ4n) is 1.62. The number of ether oxygens (including phenoxy) is 1. The Kier molecular flexibility index (Phi) is 4.77. The Balaban J connectivity index is 2.12. The van der Waals surface area contributed by atoms with Crippen molar-refractivity contribution in [2.24, 2.45) is 0 Å². The summed E-state index contributed by atoms with van der Waals surface area (Å²) < 4.78 is 19.2. The second-order valence-corrected chi connectivity index (χ2v) is 5.19. The smallest absolute Gasteiger partial charge is 0.142 e. The van der Waals surface area contributed by atoms with E-state index in [4.69, 9.17) is 16.3 Å². The molecule has 1 aromatic heterocycles. The molecular formula is C14H12BrClFNO. The van der Waals surface area contributed by atoms with Crippen LogP contribution in [0.5, 0.6) is 5.75 Å². The third-order valence-electron chi connectivity index (χ3n) is 2.58. The molecule has 100 valence electrons. The van der Waals surface area contributed by atoms with Crippen LogP contribution in [0.15, 0.2) is 34.8 Å². The van der Waals surface area contributed by atoms with E-state index in [9.17, 15) is 4.39 Å². The summed E-state index contributed by atoms with van der Waals surface area (Å²) in [5.41, 5.74) is 2.48. The molecule has 19 heavy (non-hydrogen) atoms. The first kappa shape index (κ1) is 14.3. The summed E-state index contributed by atoms with van der Waals surface area (Å²) in [6.45, 7) is 2.24. The van der Waals surface area contributed by atoms with Crippen LogP contribution in [0.25, 0.3) is 0 Å². The van der Waals surface area contributed by atoms with Gasteiger partial charge in [-0.05, 0) is 52.7 Å². The van der Waals surface area contributed by atoms with E-state index < -0.39 is 0 Å². The van der Waals surface area contributed by atoms with Crippen LogP contribution in [0.3, 0.4) is 0 Å². The average molecular weight is 345 g/mol. The first-order valence-corrected chi connectivity index (χ1v) is 7.02. The zero-order valence-electron chi connectivity index (χ0n) is 10.3. The molecule has 0 spiro atoms. The van der Waals surface area contributed by atoms with Gasteiger partial charge in [0.25, 0.3) is 0 Å². The molecule has 2 aromatic rings. The highest BCUT2D eigenvalue weighted by Crippen LogP contribution is 2.22. The van der Waals surface area contributed by atoms with Crippen LogP contribution < -0.4 is 4.74 Å². The summed E-state index contributed by atoms with van der Waals surface area (Å²) in [5.74, 6) is 0.660. The molecule has 0 radical (unpaired) electrons. The zero-order chi connectivity index (χ0) is 13.8. The van der Waals surface area contributed by atoms with Gasteiger partial charge >= 0.3 is 0 Å². The number of aromatic nitrogens is 1. The second-order valence-electron chi connectivity index (χ2n) is 4.07. The van der Waals surface area contributed by atoms with Crippen LogP contribution >= 0.6 is 27.5 Å². The molecule has 2 nitrogen and oxygen atoms in total. The molecule has 2 rings (SSSR count). The van der Waals surface area contributed by atoms with Crippen molar-refractivity contribution in [1.29, 1.82) is 0 Å². The fraction of sp³-hybridized carbons (Fsp3) is 0.214. The molecule has 1 aromatic carbocycles. The summed E-state index contributed by atoms with van der Waals surface area (Å²) in [6, 6.07) is 8.49. The molecule has 0 unspecified atom stereocenters. The Morgan fingerprint density at radius 1 is 1.32 bits per heavy atom. The quantitative estimate of drug-likeness (QED) is 0.756. The maximum absolute atomic E-state index is 13.1. The first-order valence-electron chi connectivity index (χ1n) is 5.69. The molecule has 0 amide bonds. The van der Waals surface area contributed by atoms with E-state index in [0.29, 0.717) is 28.4 Å². The van der Waals surface area contributed by atoms with Crippen molar-refractivity contribution in [1.82, 2.24) is 4.98 Å². The van der Waals surface area contributed by atoms with E-state index in [-0.39, 0.29) is 5.82 Å². The van der Waals surface area contributed by atoms with Gasteiger partial charge in [0.1, 0.15) is 18.2 Å². The van der Waals surface area contributed by atoms with Crippen LogP contribution in [-0.2, 0) is 12.5 Å². The zero-order valence-corrected chi connectivity index (χ0v) is 12.6. The number of benzene rings is 1. The molecule has 1 heterocycles. The highest BCUT2D eigenvalue weighted by molar-refractivity contribution is 9.10. The lowest BCUT2D eigenvalue weighted by Crippen LogP contribution is -2.00. The number of nitrogens with zero attached hydrogens (tertiary/aromatic N) is 1. The molecule has 0 aliphatic heterocycles. The number of hydrogen-bond acceptors (Lipinski definition) is 2. The van der Waals surface area contributed by atoms with E-state index in [1.807, 2.05) is 19.1 Å². The minimum Gasteiger partial charge on any atom is -0.487 e. The van der Waals surface area contributed by atoms with Crippen molar-refractivity contribution in [2.75, 3.05) is 0 Å². The monoisotopic (exact) mass is 343 g/mol. The van der Waals surface area contributed by atoms with E-state index in [1.54, 1.807) is 12.1 Å². The molecule has 0 atom stereocenters. The van der Waals surface area contributed by atoms with Crippen molar-refractivity contribution in [3.8, 4) is 5.75 Å². The van der Waals surface area contributed by atoms with Gasteiger partial charge in [-0.2, -0.15) is 0 Å². The summed E-state index contributed by atoms with van der Waals surface area (Å²) in [7, 11) is 0. The Morgan fingerprint density at radius 2 is 2.11 bits per heavy atom. The van der Waals surface area contributed by atoms with E-state index >= 15 is 0 Å². The lowest BCUT2D eigenvalue weighted by molar-refractivity contribution is 0.302. The third-order valence-corrected chi connectivity index (χ3v) is 3.44. The van der Waals surface area contributed by atoms with Gasteiger partial charge in [0.05, 0.1) is 16.0 Å². The predicted molar refractivity (Wildman–Crippen MR) is 77.0 cm³/mol. The van der Waals surface area contributed by atoms with Gasteiger partial charge in [-0.15, -0.1) is 11.6 Å². The van der Waals surface area contributed by atoms with E-state index in [0.717, 1.165) is 11.3 Å². The minimum atomic E-state index is -0.290. The van der Waals surface area contributed by atoms with Gasteiger partial charge < -0.3 is 4.74 Å². The van der Waals surface area contributed by atoms with Gasteiger partial charge in [0.2, 0.25) is 0 Å². The van der Waals surface area contributed by atoms with Crippen LogP contribution in [0.2, 0.25) is 0 Å². The summed E-state index contributed by atoms with van der Waals surface area (Å²) >= 11 is 8.98. The normalized spacial score (nSPS) is 10.5. The van der Waals surface area contributed by atoms with Gasteiger partial charge in [-0.3, -0.25) is 4.98 Å². The van der Waals surface area contributed by atoms with Gasteiger partial charge in [-0.1, -0.05) is 6.07 Å². The summed E-state index contributed by atoms with van der Waals surface area (Å²) in [5, 5.41) is 0. The van der Waals surface area contributed by atoms with E-state index in [2.05, 4.69) is 20.9 Å². The number of hydrogen-bond donors (Lipinski definition) is 0. The van der Waals surface area contributed by atoms with Crippen molar-refractivity contribution >= 4 is 27.5 Å². The Labute approximate surface area is 124 Å². The van der Waals surface area contributed by atoms with Crippen LogP contribution in [-0.4, -0.2) is 4.98 Å². The molecule has 0 saturated carbocycles. The predicted octanol–water partition coefficient (Wildman–Crippen LogP) is 4.61. The Bertz CT molecular complexity index is 592. The van der Waals surface area contributed by atoms with Gasteiger partial charge in [-0.25, -0.2) is 4.39 Å². The standard InChI is InChI=1S/C14H12BrClFNO/c1-9-2-5-14(13(7-16)18-9)19-8-10-3-4-12(17)11(15)6-10/h2-6H,7-8H2,1H3. The lowest BCUT2D eigenvalue weighted by atomic mass is 10.2. The summed E-state index contributed by atoms with van der Waals surface area (Å²) in [6.07, 6.45) is 0. The third kappa shape index (κ3) is 3.67. The number of aryl methyl sites for hydroxylation is 1. The molecule has 0 bridgehead atoms. The highest BCUT2D eigenvalue weighted by atomic mass is 79.9. The van der Waals surface area contributed by atoms with Gasteiger partial charge in [0.15, 0.2) is 0 Å². The number of rotatable bonds is 4. The molecule has 0 N–H and O–H groups in total. The number of pyridine rings is 1. The maximum atomic E-state index is 13.1. The van der Waals surface area contributed by atoms with Crippen LogP contribution in [0, 0.1) is 12.7 Å². The maximum Gasteiger partial charge on any atom is 0.142 e. The van der Waals surface area contributed by atoms with Crippen molar-refractivity contribution in [3.05, 3.63) is 57.6 Å². The average Bonchev–Trinajstić information content (AvgIpc) is 2.41. The Morgan fingerprint density at radius 3 is 2.79 bits per heavy atom. The highest BCUT2D eigenvalue weighted by Gasteiger charge is 2.06.